The maximum atomic E-state index is 11.9. The van der Waals surface area contributed by atoms with Gasteiger partial charge in [-0.2, -0.15) is 0 Å². The van der Waals surface area contributed by atoms with Gasteiger partial charge in [-0.3, -0.25) is 4.79 Å². The molecule has 0 aromatic rings. The van der Waals surface area contributed by atoms with Crippen molar-refractivity contribution in [2.75, 3.05) is 20.2 Å². The Bertz CT molecular complexity index is 320. The molecule has 0 aromatic heterocycles. The first-order valence-electron chi connectivity index (χ1n) is 6.41. The Balaban J connectivity index is 1.70. The van der Waals surface area contributed by atoms with Gasteiger partial charge in [0.2, 0.25) is 0 Å². The number of urea groups is 1. The monoisotopic (exact) mass is 256 g/mol. The lowest BCUT2D eigenvalue weighted by Gasteiger charge is -2.37. The van der Waals surface area contributed by atoms with Crippen molar-refractivity contribution in [2.45, 2.75) is 37.8 Å². The van der Waals surface area contributed by atoms with Gasteiger partial charge in [-0.25, -0.2) is 4.79 Å². The number of piperidine rings is 1. The second-order valence-electron chi connectivity index (χ2n) is 5.08. The first-order valence-corrected chi connectivity index (χ1v) is 6.41. The lowest BCUT2D eigenvalue weighted by atomic mass is 9.89. The van der Waals surface area contributed by atoms with Crippen LogP contribution in [-0.4, -0.2) is 54.4 Å². The second-order valence-corrected chi connectivity index (χ2v) is 5.08. The van der Waals surface area contributed by atoms with E-state index in [1.54, 1.807) is 12.0 Å². The molecule has 18 heavy (non-hydrogen) atoms. The number of ether oxygens (including phenoxy) is 1. The third-order valence-electron chi connectivity index (χ3n) is 3.89. The van der Waals surface area contributed by atoms with Crippen molar-refractivity contribution in [3.63, 3.8) is 0 Å². The Morgan fingerprint density at radius 1 is 1.28 bits per heavy atom. The van der Waals surface area contributed by atoms with Gasteiger partial charge in [-0.1, -0.05) is 0 Å². The van der Waals surface area contributed by atoms with Crippen LogP contribution < -0.4 is 5.32 Å². The van der Waals surface area contributed by atoms with E-state index in [9.17, 15) is 9.59 Å². The van der Waals surface area contributed by atoms with E-state index < -0.39 is 5.97 Å². The van der Waals surface area contributed by atoms with Crippen LogP contribution >= 0.6 is 0 Å². The number of likely N-dealkylation sites (tertiary alicyclic amines) is 1. The van der Waals surface area contributed by atoms with Gasteiger partial charge in [0.15, 0.2) is 0 Å². The van der Waals surface area contributed by atoms with Crippen LogP contribution in [-0.2, 0) is 9.53 Å². The lowest BCUT2D eigenvalue weighted by molar-refractivity contribution is -0.143. The van der Waals surface area contributed by atoms with Gasteiger partial charge in [0, 0.05) is 26.2 Å². The molecule has 0 bridgehead atoms. The number of hydrogen-bond acceptors (Lipinski definition) is 3. The minimum Gasteiger partial charge on any atom is -0.481 e. The molecule has 0 atom stereocenters. The third-order valence-corrected chi connectivity index (χ3v) is 3.89. The molecule has 2 aliphatic rings. The molecular formula is C12H20N2O4. The van der Waals surface area contributed by atoms with E-state index in [1.165, 1.54) is 0 Å². The number of nitrogens with zero attached hydrogens (tertiary/aromatic N) is 1. The number of rotatable bonds is 3. The normalized spacial score (nSPS) is 28.6. The highest BCUT2D eigenvalue weighted by molar-refractivity contribution is 5.75. The van der Waals surface area contributed by atoms with Crippen LogP contribution in [0, 0.1) is 5.92 Å². The number of carbonyl (C=O) groups excluding carboxylic acids is 1. The third kappa shape index (κ3) is 2.93. The number of amides is 2. The van der Waals surface area contributed by atoms with Gasteiger partial charge < -0.3 is 20.1 Å². The smallest absolute Gasteiger partial charge is 0.317 e. The summed E-state index contributed by atoms with van der Waals surface area (Å²) >= 11 is 0. The first kappa shape index (κ1) is 13.1. The molecule has 1 heterocycles. The number of nitrogens with one attached hydrogen (secondary N) is 1. The maximum absolute atomic E-state index is 11.9. The summed E-state index contributed by atoms with van der Waals surface area (Å²) < 4.78 is 5.15. The van der Waals surface area contributed by atoms with E-state index in [0.717, 1.165) is 12.8 Å². The summed E-state index contributed by atoms with van der Waals surface area (Å²) in [6, 6.07) is 0.137. The Morgan fingerprint density at radius 3 is 2.39 bits per heavy atom. The SMILES string of the molecule is COC1CC(NC(=O)N2CCC(C(=O)O)CC2)C1. The molecule has 1 aliphatic heterocycles. The zero-order chi connectivity index (χ0) is 13.1. The average molecular weight is 256 g/mol. The summed E-state index contributed by atoms with van der Waals surface area (Å²) in [5.74, 6) is -1.05. The Morgan fingerprint density at radius 2 is 1.89 bits per heavy atom. The van der Waals surface area contributed by atoms with Crippen LogP contribution in [0.5, 0.6) is 0 Å². The van der Waals surface area contributed by atoms with E-state index in [2.05, 4.69) is 5.32 Å². The van der Waals surface area contributed by atoms with E-state index in [1.807, 2.05) is 0 Å². The molecule has 102 valence electrons. The summed E-state index contributed by atoms with van der Waals surface area (Å²) in [7, 11) is 1.68. The molecule has 1 saturated heterocycles. The summed E-state index contributed by atoms with van der Waals surface area (Å²) in [6.07, 6.45) is 3.11. The highest BCUT2D eigenvalue weighted by atomic mass is 16.5. The quantitative estimate of drug-likeness (QED) is 0.778. The molecule has 0 radical (unpaired) electrons. The van der Waals surface area contributed by atoms with Gasteiger partial charge >= 0.3 is 12.0 Å². The summed E-state index contributed by atoms with van der Waals surface area (Å²) in [5, 5.41) is 11.8. The molecule has 2 fully saturated rings. The number of methoxy groups -OCH3 is 1. The highest BCUT2D eigenvalue weighted by Gasteiger charge is 2.33. The first-order chi connectivity index (χ1) is 8.60. The molecule has 2 rings (SSSR count). The predicted molar refractivity (Wildman–Crippen MR) is 64.3 cm³/mol. The minimum atomic E-state index is -0.753. The number of carbonyl (C=O) groups is 2. The zero-order valence-electron chi connectivity index (χ0n) is 10.6. The van der Waals surface area contributed by atoms with Gasteiger partial charge in [0.25, 0.3) is 0 Å². The van der Waals surface area contributed by atoms with Crippen molar-refractivity contribution < 1.29 is 19.4 Å². The number of carboxylic acid groups (broad SMARTS) is 1. The van der Waals surface area contributed by atoms with Gasteiger partial charge in [0.05, 0.1) is 12.0 Å². The fourth-order valence-electron chi connectivity index (χ4n) is 2.47. The molecule has 1 aliphatic carbocycles. The van der Waals surface area contributed by atoms with E-state index >= 15 is 0 Å². The lowest BCUT2D eigenvalue weighted by Crippen LogP contribution is -2.53. The van der Waals surface area contributed by atoms with Crippen LogP contribution in [0.2, 0.25) is 0 Å². The van der Waals surface area contributed by atoms with Crippen molar-refractivity contribution in [1.29, 1.82) is 0 Å². The highest BCUT2D eigenvalue weighted by Crippen LogP contribution is 2.23. The Hall–Kier alpha value is -1.30. The maximum Gasteiger partial charge on any atom is 0.317 e. The number of hydrogen-bond donors (Lipinski definition) is 2. The van der Waals surface area contributed by atoms with Gasteiger partial charge in [-0.05, 0) is 25.7 Å². The van der Waals surface area contributed by atoms with Gasteiger partial charge in [0.1, 0.15) is 0 Å². The van der Waals surface area contributed by atoms with Crippen LogP contribution in [0.15, 0.2) is 0 Å². The molecule has 6 heteroatoms. The van der Waals surface area contributed by atoms with E-state index in [0.29, 0.717) is 25.9 Å². The molecule has 1 saturated carbocycles. The molecule has 0 unspecified atom stereocenters. The number of carboxylic acids is 1. The van der Waals surface area contributed by atoms with Crippen LogP contribution in [0.4, 0.5) is 4.79 Å². The largest absolute Gasteiger partial charge is 0.481 e. The van der Waals surface area contributed by atoms with Crippen molar-refractivity contribution in [2.24, 2.45) is 5.92 Å². The van der Waals surface area contributed by atoms with Gasteiger partial charge in [-0.15, -0.1) is 0 Å². The molecule has 0 spiro atoms. The molecular weight excluding hydrogens is 236 g/mol. The van der Waals surface area contributed by atoms with Crippen molar-refractivity contribution in [1.82, 2.24) is 10.2 Å². The summed E-state index contributed by atoms with van der Waals surface area (Å²) in [6.45, 7) is 1.06. The van der Waals surface area contributed by atoms with Crippen molar-refractivity contribution in [3.8, 4) is 0 Å². The standard InChI is InChI=1S/C12H20N2O4/c1-18-10-6-9(7-10)13-12(17)14-4-2-8(3-5-14)11(15)16/h8-10H,2-7H2,1H3,(H,13,17)(H,15,16). The zero-order valence-corrected chi connectivity index (χ0v) is 10.6. The van der Waals surface area contributed by atoms with Crippen molar-refractivity contribution >= 4 is 12.0 Å². The molecule has 6 nitrogen and oxygen atoms in total. The number of aliphatic carboxylic acids is 1. The molecule has 0 aromatic carbocycles. The van der Waals surface area contributed by atoms with Crippen LogP contribution in [0.3, 0.4) is 0 Å². The predicted octanol–water partition coefficient (Wildman–Crippen LogP) is 0.670. The Kier molecular flexibility index (Phi) is 4.06. The molecule has 2 N–H and O–H groups in total. The average Bonchev–Trinajstić information content (AvgIpc) is 2.33. The van der Waals surface area contributed by atoms with Crippen molar-refractivity contribution in [3.05, 3.63) is 0 Å². The summed E-state index contributed by atoms with van der Waals surface area (Å²) in [4.78, 5) is 24.4. The second kappa shape index (κ2) is 5.56. The Labute approximate surface area is 106 Å². The molecule has 2 amide bonds. The fourth-order valence-corrected chi connectivity index (χ4v) is 2.47. The van der Waals surface area contributed by atoms with E-state index in [-0.39, 0.29) is 24.1 Å². The van der Waals surface area contributed by atoms with Crippen LogP contribution in [0.25, 0.3) is 0 Å². The minimum absolute atomic E-state index is 0.0709. The fraction of sp³-hybridized carbons (Fsp3) is 0.833. The van der Waals surface area contributed by atoms with Crippen LogP contribution in [0.1, 0.15) is 25.7 Å². The topological polar surface area (TPSA) is 78.9 Å². The van der Waals surface area contributed by atoms with E-state index in [4.69, 9.17) is 9.84 Å². The summed E-state index contributed by atoms with van der Waals surface area (Å²) in [5.41, 5.74) is 0.